The third-order valence-electron chi connectivity index (χ3n) is 2.71. The SMILES string of the molecule is CCCC(COc1ccc(F)cc1C)NCC. The lowest BCUT2D eigenvalue weighted by atomic mass is 10.2. The summed E-state index contributed by atoms with van der Waals surface area (Å²) in [7, 11) is 0. The number of rotatable bonds is 7. The highest BCUT2D eigenvalue weighted by Crippen LogP contribution is 2.18. The van der Waals surface area contributed by atoms with Gasteiger partial charge in [0.1, 0.15) is 18.2 Å². The minimum Gasteiger partial charge on any atom is -0.492 e. The molecule has 0 aromatic heterocycles. The molecule has 17 heavy (non-hydrogen) atoms. The van der Waals surface area contributed by atoms with Crippen LogP contribution < -0.4 is 10.1 Å². The van der Waals surface area contributed by atoms with Crippen molar-refractivity contribution in [1.29, 1.82) is 0 Å². The normalized spacial score (nSPS) is 12.5. The highest BCUT2D eigenvalue weighted by atomic mass is 19.1. The smallest absolute Gasteiger partial charge is 0.123 e. The van der Waals surface area contributed by atoms with Crippen LogP contribution in [0.3, 0.4) is 0 Å². The zero-order valence-electron chi connectivity index (χ0n) is 10.9. The zero-order chi connectivity index (χ0) is 12.7. The Hall–Kier alpha value is -1.09. The fraction of sp³-hybridized carbons (Fsp3) is 0.571. The predicted octanol–water partition coefficient (Wildman–Crippen LogP) is 3.29. The molecule has 0 saturated carbocycles. The van der Waals surface area contributed by atoms with Crippen LogP contribution in [0.4, 0.5) is 4.39 Å². The lowest BCUT2D eigenvalue weighted by Gasteiger charge is -2.18. The van der Waals surface area contributed by atoms with Gasteiger partial charge in [-0.05, 0) is 43.7 Å². The highest BCUT2D eigenvalue weighted by Gasteiger charge is 2.08. The van der Waals surface area contributed by atoms with Crippen LogP contribution in [0.25, 0.3) is 0 Å². The van der Waals surface area contributed by atoms with E-state index in [9.17, 15) is 4.39 Å². The van der Waals surface area contributed by atoms with Crippen molar-refractivity contribution in [2.45, 2.75) is 39.7 Å². The number of aryl methyl sites for hydroxylation is 1. The average molecular weight is 239 g/mol. The van der Waals surface area contributed by atoms with Crippen LogP contribution in [0.5, 0.6) is 5.75 Å². The van der Waals surface area contributed by atoms with Crippen molar-refractivity contribution in [3.8, 4) is 5.75 Å². The molecule has 0 aliphatic rings. The Bertz CT molecular complexity index is 335. The third kappa shape index (κ3) is 4.73. The van der Waals surface area contributed by atoms with Crippen molar-refractivity contribution in [3.05, 3.63) is 29.6 Å². The van der Waals surface area contributed by atoms with Crippen molar-refractivity contribution in [2.75, 3.05) is 13.2 Å². The minimum absolute atomic E-state index is 0.216. The van der Waals surface area contributed by atoms with Gasteiger partial charge in [0, 0.05) is 6.04 Å². The summed E-state index contributed by atoms with van der Waals surface area (Å²) < 4.78 is 18.6. The topological polar surface area (TPSA) is 21.3 Å². The van der Waals surface area contributed by atoms with E-state index in [-0.39, 0.29) is 5.82 Å². The summed E-state index contributed by atoms with van der Waals surface area (Å²) in [6.07, 6.45) is 2.22. The van der Waals surface area contributed by atoms with Crippen LogP contribution in [0.2, 0.25) is 0 Å². The van der Waals surface area contributed by atoms with Gasteiger partial charge in [-0.25, -0.2) is 4.39 Å². The Morgan fingerprint density at radius 1 is 1.35 bits per heavy atom. The number of benzene rings is 1. The summed E-state index contributed by atoms with van der Waals surface area (Å²) in [5.41, 5.74) is 0.844. The number of likely N-dealkylation sites (N-methyl/N-ethyl adjacent to an activating group) is 1. The van der Waals surface area contributed by atoms with Gasteiger partial charge in [0.25, 0.3) is 0 Å². The molecule has 0 bridgehead atoms. The van der Waals surface area contributed by atoms with E-state index in [1.54, 1.807) is 6.07 Å². The molecule has 0 amide bonds. The first kappa shape index (κ1) is 14.0. The van der Waals surface area contributed by atoms with Crippen LogP contribution in [-0.4, -0.2) is 19.2 Å². The Kier molecular flexibility index (Phi) is 5.98. The average Bonchev–Trinajstić information content (AvgIpc) is 2.28. The van der Waals surface area contributed by atoms with Gasteiger partial charge in [-0.3, -0.25) is 0 Å². The van der Waals surface area contributed by atoms with Gasteiger partial charge in [-0.15, -0.1) is 0 Å². The lowest BCUT2D eigenvalue weighted by Crippen LogP contribution is -2.34. The van der Waals surface area contributed by atoms with Crippen molar-refractivity contribution < 1.29 is 9.13 Å². The van der Waals surface area contributed by atoms with Gasteiger partial charge in [0.05, 0.1) is 0 Å². The second-order valence-electron chi connectivity index (χ2n) is 4.26. The minimum atomic E-state index is -0.216. The molecule has 2 nitrogen and oxygen atoms in total. The second kappa shape index (κ2) is 7.28. The molecule has 0 radical (unpaired) electrons. The zero-order valence-corrected chi connectivity index (χ0v) is 10.9. The molecular formula is C14H22FNO. The fourth-order valence-corrected chi connectivity index (χ4v) is 1.85. The maximum absolute atomic E-state index is 12.9. The molecule has 3 heteroatoms. The molecule has 1 aromatic rings. The maximum Gasteiger partial charge on any atom is 0.123 e. The first-order valence-corrected chi connectivity index (χ1v) is 6.29. The Labute approximate surface area is 103 Å². The second-order valence-corrected chi connectivity index (χ2v) is 4.26. The van der Waals surface area contributed by atoms with Crippen LogP contribution in [-0.2, 0) is 0 Å². The molecule has 0 aliphatic heterocycles. The van der Waals surface area contributed by atoms with Crippen molar-refractivity contribution in [2.24, 2.45) is 0 Å². The molecule has 0 saturated heterocycles. The molecule has 96 valence electrons. The summed E-state index contributed by atoms with van der Waals surface area (Å²) in [6, 6.07) is 5.00. The van der Waals surface area contributed by atoms with Gasteiger partial charge in [-0.1, -0.05) is 20.3 Å². The van der Waals surface area contributed by atoms with E-state index in [1.807, 2.05) is 6.92 Å². The summed E-state index contributed by atoms with van der Waals surface area (Å²) >= 11 is 0. The van der Waals surface area contributed by atoms with Crippen molar-refractivity contribution in [1.82, 2.24) is 5.32 Å². The molecular weight excluding hydrogens is 217 g/mol. The Balaban J connectivity index is 2.52. The molecule has 0 fully saturated rings. The molecule has 0 spiro atoms. The van der Waals surface area contributed by atoms with Crippen molar-refractivity contribution >= 4 is 0 Å². The molecule has 1 rings (SSSR count). The lowest BCUT2D eigenvalue weighted by molar-refractivity contribution is 0.256. The molecule has 1 unspecified atom stereocenters. The summed E-state index contributed by atoms with van der Waals surface area (Å²) in [5, 5.41) is 3.39. The number of ether oxygens (including phenoxy) is 1. The van der Waals surface area contributed by atoms with Gasteiger partial charge >= 0.3 is 0 Å². The quantitative estimate of drug-likeness (QED) is 0.788. The van der Waals surface area contributed by atoms with Gasteiger partial charge in [0.2, 0.25) is 0 Å². The molecule has 1 atom stereocenters. The van der Waals surface area contributed by atoms with E-state index in [4.69, 9.17) is 4.74 Å². The first-order valence-electron chi connectivity index (χ1n) is 6.29. The van der Waals surface area contributed by atoms with E-state index >= 15 is 0 Å². The molecule has 1 aromatic carbocycles. The maximum atomic E-state index is 12.9. The Morgan fingerprint density at radius 2 is 2.12 bits per heavy atom. The van der Waals surface area contributed by atoms with Crippen LogP contribution in [0.1, 0.15) is 32.3 Å². The summed E-state index contributed by atoms with van der Waals surface area (Å²) in [5.74, 6) is 0.553. The van der Waals surface area contributed by atoms with E-state index < -0.39 is 0 Å². The largest absolute Gasteiger partial charge is 0.492 e. The van der Waals surface area contributed by atoms with Crippen LogP contribution in [0, 0.1) is 12.7 Å². The fourth-order valence-electron chi connectivity index (χ4n) is 1.85. The van der Waals surface area contributed by atoms with Crippen LogP contribution in [0.15, 0.2) is 18.2 Å². The molecule has 0 aliphatic carbocycles. The van der Waals surface area contributed by atoms with E-state index in [1.165, 1.54) is 12.1 Å². The Morgan fingerprint density at radius 3 is 2.71 bits per heavy atom. The van der Waals surface area contributed by atoms with Crippen LogP contribution >= 0.6 is 0 Å². The molecule has 1 N–H and O–H groups in total. The highest BCUT2D eigenvalue weighted by molar-refractivity contribution is 5.32. The van der Waals surface area contributed by atoms with E-state index in [0.29, 0.717) is 12.6 Å². The first-order chi connectivity index (χ1) is 8.17. The van der Waals surface area contributed by atoms with Crippen molar-refractivity contribution in [3.63, 3.8) is 0 Å². The number of hydrogen-bond donors (Lipinski definition) is 1. The van der Waals surface area contributed by atoms with Gasteiger partial charge in [-0.2, -0.15) is 0 Å². The number of hydrogen-bond acceptors (Lipinski definition) is 2. The summed E-state index contributed by atoms with van der Waals surface area (Å²) in [6.45, 7) is 7.68. The van der Waals surface area contributed by atoms with E-state index in [0.717, 1.165) is 30.7 Å². The van der Waals surface area contributed by atoms with Gasteiger partial charge < -0.3 is 10.1 Å². The monoisotopic (exact) mass is 239 g/mol. The molecule has 0 heterocycles. The third-order valence-corrected chi connectivity index (χ3v) is 2.71. The number of halogens is 1. The number of nitrogens with one attached hydrogen (secondary N) is 1. The standard InChI is InChI=1S/C14H22FNO/c1-4-6-13(16-5-2)10-17-14-8-7-12(15)9-11(14)3/h7-9,13,16H,4-6,10H2,1-3H3. The van der Waals surface area contributed by atoms with Gasteiger partial charge in [0.15, 0.2) is 0 Å². The van der Waals surface area contributed by atoms with E-state index in [2.05, 4.69) is 19.2 Å². The summed E-state index contributed by atoms with van der Waals surface area (Å²) in [4.78, 5) is 0. The predicted molar refractivity (Wildman–Crippen MR) is 69.0 cm³/mol.